The second-order valence-electron chi connectivity index (χ2n) is 10.1. The van der Waals surface area contributed by atoms with Crippen molar-refractivity contribution in [3.8, 4) is 0 Å². The Hall–Kier alpha value is -3.70. The van der Waals surface area contributed by atoms with E-state index < -0.39 is 24.3 Å². The van der Waals surface area contributed by atoms with Crippen LogP contribution in [0.3, 0.4) is 0 Å². The highest BCUT2D eigenvalue weighted by atomic mass is 19.4. The highest BCUT2D eigenvalue weighted by Crippen LogP contribution is 2.26. The third-order valence-electron chi connectivity index (χ3n) is 6.78. The van der Waals surface area contributed by atoms with Gasteiger partial charge in [-0.3, -0.25) is 9.80 Å². The Morgan fingerprint density at radius 3 is 2.07 bits per heavy atom. The molecule has 5 rings (SSSR count). The van der Waals surface area contributed by atoms with Crippen molar-refractivity contribution in [2.24, 2.45) is 0 Å². The zero-order valence-corrected chi connectivity index (χ0v) is 23.2. The molecule has 3 N–H and O–H groups in total. The number of aromatic nitrogens is 4. The van der Waals surface area contributed by atoms with Crippen LogP contribution in [0.15, 0.2) is 30.6 Å². The second-order valence-corrected chi connectivity index (χ2v) is 10.1. The van der Waals surface area contributed by atoms with Crippen molar-refractivity contribution in [3.63, 3.8) is 0 Å². The SMILES string of the molecule is Cc1ccc2[nH]cc(CN3CCC(n4cc(CN5CCOCC5)nn4)CC3)c2c1.O=C(O)C(F)(F)F.O=C(O)C(F)(F)F. The van der Waals surface area contributed by atoms with Crippen LogP contribution in [0.25, 0.3) is 10.9 Å². The van der Waals surface area contributed by atoms with Crippen molar-refractivity contribution in [1.82, 2.24) is 29.8 Å². The lowest BCUT2D eigenvalue weighted by Gasteiger charge is -2.31. The van der Waals surface area contributed by atoms with E-state index >= 15 is 0 Å². The molecule has 3 aromatic rings. The summed E-state index contributed by atoms with van der Waals surface area (Å²) in [6, 6.07) is 7.10. The molecule has 0 unspecified atom stereocenters. The summed E-state index contributed by atoms with van der Waals surface area (Å²) in [5.74, 6) is -5.51. The largest absolute Gasteiger partial charge is 0.490 e. The highest BCUT2D eigenvalue weighted by Gasteiger charge is 2.38. The van der Waals surface area contributed by atoms with E-state index in [4.69, 9.17) is 24.5 Å². The summed E-state index contributed by atoms with van der Waals surface area (Å²) in [7, 11) is 0. The van der Waals surface area contributed by atoms with Gasteiger partial charge in [0, 0.05) is 56.4 Å². The molecular weight excluding hydrogens is 590 g/mol. The van der Waals surface area contributed by atoms with Crippen LogP contribution >= 0.6 is 0 Å². The number of hydrogen-bond acceptors (Lipinski definition) is 7. The van der Waals surface area contributed by atoms with Gasteiger partial charge in [-0.25, -0.2) is 14.3 Å². The number of alkyl halides is 6. The number of aromatic amines is 1. The number of fused-ring (bicyclic) bond motifs is 1. The lowest BCUT2D eigenvalue weighted by atomic mass is 10.0. The van der Waals surface area contributed by atoms with Gasteiger partial charge in [0.2, 0.25) is 0 Å². The molecule has 238 valence electrons. The summed E-state index contributed by atoms with van der Waals surface area (Å²) in [5, 5.41) is 24.5. The second kappa shape index (κ2) is 14.7. The minimum Gasteiger partial charge on any atom is -0.475 e. The van der Waals surface area contributed by atoms with Gasteiger partial charge in [0.25, 0.3) is 0 Å². The lowest BCUT2D eigenvalue weighted by Crippen LogP contribution is -2.35. The number of halogens is 6. The lowest BCUT2D eigenvalue weighted by molar-refractivity contribution is -0.193. The number of hydrogen-bond donors (Lipinski definition) is 3. The summed E-state index contributed by atoms with van der Waals surface area (Å²) in [5.41, 5.74) is 5.02. The first kappa shape index (κ1) is 33.8. The maximum Gasteiger partial charge on any atom is 0.490 e. The molecule has 0 bridgehead atoms. The molecule has 2 aliphatic heterocycles. The number of ether oxygens (including phenoxy) is 1. The van der Waals surface area contributed by atoms with Crippen molar-refractivity contribution >= 4 is 22.8 Å². The maximum absolute atomic E-state index is 10.6. The van der Waals surface area contributed by atoms with Crippen LogP contribution in [0.1, 0.15) is 35.7 Å². The van der Waals surface area contributed by atoms with E-state index in [0.717, 1.165) is 71.0 Å². The van der Waals surface area contributed by atoms with E-state index in [1.54, 1.807) is 0 Å². The van der Waals surface area contributed by atoms with Gasteiger partial charge in [-0.15, -0.1) is 5.10 Å². The Bertz CT molecular complexity index is 1320. The van der Waals surface area contributed by atoms with Gasteiger partial charge in [-0.05, 0) is 37.5 Å². The molecule has 4 heterocycles. The Balaban J connectivity index is 0.000000303. The number of H-pyrrole nitrogens is 1. The molecule has 2 aromatic heterocycles. The summed E-state index contributed by atoms with van der Waals surface area (Å²) in [6.45, 7) is 9.86. The highest BCUT2D eigenvalue weighted by molar-refractivity contribution is 5.83. The number of benzene rings is 1. The molecule has 11 nitrogen and oxygen atoms in total. The van der Waals surface area contributed by atoms with Crippen molar-refractivity contribution in [2.75, 3.05) is 39.4 Å². The first-order valence-electron chi connectivity index (χ1n) is 13.2. The van der Waals surface area contributed by atoms with Crippen LogP contribution in [0.4, 0.5) is 26.3 Å². The molecule has 0 amide bonds. The fourth-order valence-electron chi connectivity index (χ4n) is 4.56. The van der Waals surface area contributed by atoms with Gasteiger partial charge < -0.3 is 19.9 Å². The van der Waals surface area contributed by atoms with E-state index in [1.807, 2.05) is 0 Å². The summed E-state index contributed by atoms with van der Waals surface area (Å²) < 4.78 is 71.0. The Morgan fingerprint density at radius 2 is 1.51 bits per heavy atom. The predicted octanol–water partition coefficient (Wildman–Crippen LogP) is 4.00. The van der Waals surface area contributed by atoms with Gasteiger partial charge in [0.05, 0.1) is 31.1 Å². The number of morpholine rings is 1. The molecule has 2 saturated heterocycles. The molecule has 2 fully saturated rings. The van der Waals surface area contributed by atoms with Gasteiger partial charge in [-0.2, -0.15) is 26.3 Å². The van der Waals surface area contributed by atoms with Gasteiger partial charge in [-0.1, -0.05) is 16.8 Å². The van der Waals surface area contributed by atoms with Crippen molar-refractivity contribution in [2.45, 2.75) is 51.2 Å². The molecule has 0 atom stereocenters. The molecule has 17 heteroatoms. The van der Waals surface area contributed by atoms with Gasteiger partial charge in [0.1, 0.15) is 0 Å². The minimum atomic E-state index is -5.08. The fraction of sp³-hybridized carbons (Fsp3) is 0.538. The summed E-state index contributed by atoms with van der Waals surface area (Å²) >= 11 is 0. The average molecular weight is 623 g/mol. The Labute approximate surface area is 242 Å². The van der Waals surface area contributed by atoms with Crippen molar-refractivity contribution < 1.29 is 50.9 Å². The molecule has 2 aliphatic rings. The van der Waals surface area contributed by atoms with Crippen LogP contribution < -0.4 is 0 Å². The normalized spacial score (nSPS) is 17.1. The molecule has 0 spiro atoms. The monoisotopic (exact) mass is 622 g/mol. The third kappa shape index (κ3) is 10.5. The van der Waals surface area contributed by atoms with Crippen LogP contribution in [0.2, 0.25) is 0 Å². The zero-order chi connectivity index (χ0) is 31.8. The van der Waals surface area contributed by atoms with Crippen LogP contribution in [0, 0.1) is 6.92 Å². The topological polar surface area (TPSA) is 137 Å². The standard InChI is InChI=1S/C22H30N6O.2C2HF3O2/c1-17-2-3-22-21(12-17)18(13-23-22)14-26-6-4-20(5-7-26)28-16-19(24-25-28)15-27-8-10-29-11-9-27;2*3-2(4,5)1(6)7/h2-3,12-13,16,20,23H,4-11,14-15H2,1H3;2*(H,6,7). The number of aliphatic carboxylic acids is 2. The molecule has 0 saturated carbocycles. The van der Waals surface area contributed by atoms with Crippen molar-refractivity contribution in [3.05, 3.63) is 47.4 Å². The average Bonchev–Trinajstić information content (AvgIpc) is 3.56. The van der Waals surface area contributed by atoms with Crippen LogP contribution in [-0.4, -0.2) is 104 Å². The maximum atomic E-state index is 10.6. The third-order valence-corrected chi connectivity index (χ3v) is 6.78. The molecule has 43 heavy (non-hydrogen) atoms. The van der Waals surface area contributed by atoms with E-state index in [1.165, 1.54) is 22.0 Å². The summed E-state index contributed by atoms with van der Waals surface area (Å²) in [4.78, 5) is 26.2. The van der Waals surface area contributed by atoms with Gasteiger partial charge >= 0.3 is 24.3 Å². The number of rotatable bonds is 5. The number of piperidine rings is 1. The smallest absolute Gasteiger partial charge is 0.475 e. The first-order valence-corrected chi connectivity index (χ1v) is 13.2. The Kier molecular flexibility index (Phi) is 11.5. The number of carboxylic acids is 2. The predicted molar refractivity (Wildman–Crippen MR) is 140 cm³/mol. The number of nitrogens with zero attached hydrogens (tertiary/aromatic N) is 5. The molecule has 0 aliphatic carbocycles. The quantitative estimate of drug-likeness (QED) is 0.361. The summed E-state index contributed by atoms with van der Waals surface area (Å²) in [6.07, 6.45) is -3.59. The molecule has 1 aromatic carbocycles. The van der Waals surface area contributed by atoms with E-state index in [9.17, 15) is 26.3 Å². The molecular formula is C26H32F6N6O5. The number of aryl methyl sites for hydroxylation is 1. The van der Waals surface area contributed by atoms with Crippen LogP contribution in [0.5, 0.6) is 0 Å². The first-order chi connectivity index (χ1) is 20.1. The van der Waals surface area contributed by atoms with E-state index in [0.29, 0.717) is 6.04 Å². The number of nitrogens with one attached hydrogen (secondary N) is 1. The Morgan fingerprint density at radius 1 is 0.953 bits per heavy atom. The number of likely N-dealkylation sites (tertiary alicyclic amines) is 1. The van der Waals surface area contributed by atoms with Gasteiger partial charge in [0.15, 0.2) is 0 Å². The van der Waals surface area contributed by atoms with E-state index in [-0.39, 0.29) is 0 Å². The minimum absolute atomic E-state index is 0.461. The number of carboxylic acid groups (broad SMARTS) is 2. The zero-order valence-electron chi connectivity index (χ0n) is 23.2. The number of carbonyl (C=O) groups is 2. The van der Waals surface area contributed by atoms with Crippen molar-refractivity contribution in [1.29, 1.82) is 0 Å². The van der Waals surface area contributed by atoms with E-state index in [2.05, 4.69) is 67.3 Å². The molecule has 0 radical (unpaired) electrons. The fourth-order valence-corrected chi connectivity index (χ4v) is 4.56. The van der Waals surface area contributed by atoms with Crippen LogP contribution in [-0.2, 0) is 27.4 Å².